The molecule has 0 saturated carbocycles. The first-order chi connectivity index (χ1) is 12.6. The molecule has 138 valence electrons. The molecule has 3 rings (SSSR count). The van der Waals surface area contributed by atoms with Gasteiger partial charge in [0, 0.05) is 11.6 Å². The number of rotatable bonds is 7. The number of tetrazole rings is 1. The van der Waals surface area contributed by atoms with E-state index >= 15 is 0 Å². The summed E-state index contributed by atoms with van der Waals surface area (Å²) in [6.07, 6.45) is 8.13. The zero-order valence-corrected chi connectivity index (χ0v) is 16.3. The molecule has 26 heavy (non-hydrogen) atoms. The van der Waals surface area contributed by atoms with Crippen molar-refractivity contribution in [3.63, 3.8) is 0 Å². The number of allylic oxidation sites excluding steroid dienone is 1. The van der Waals surface area contributed by atoms with Gasteiger partial charge in [-0.05, 0) is 73.7 Å². The van der Waals surface area contributed by atoms with E-state index in [1.165, 1.54) is 36.6 Å². The molecule has 0 fully saturated rings. The molecular weight excluding hydrogens is 370 g/mol. The Morgan fingerprint density at radius 2 is 2.15 bits per heavy atom. The summed E-state index contributed by atoms with van der Waals surface area (Å²) in [5.41, 5.74) is 2.27. The second kappa shape index (κ2) is 9.19. The fourth-order valence-corrected chi connectivity index (χ4v) is 3.79. The standard InChI is InChI=1S/C18H22ClN5OS/c1-13(17(25)20-12-11-14-5-3-2-4-6-14)26-18-21-22-23-24(18)16-9-7-15(19)8-10-16/h5,7-10,13H,2-4,6,11-12H2,1H3,(H,20,25)/t13-/m1/s1. The van der Waals surface area contributed by atoms with Gasteiger partial charge < -0.3 is 5.32 Å². The molecule has 1 atom stereocenters. The summed E-state index contributed by atoms with van der Waals surface area (Å²) in [6.45, 7) is 2.54. The number of amides is 1. The van der Waals surface area contributed by atoms with Gasteiger partial charge in [-0.3, -0.25) is 4.79 Å². The smallest absolute Gasteiger partial charge is 0.233 e. The van der Waals surface area contributed by atoms with E-state index in [2.05, 4.69) is 26.9 Å². The van der Waals surface area contributed by atoms with Crippen molar-refractivity contribution in [2.24, 2.45) is 0 Å². The molecule has 1 aliphatic carbocycles. The van der Waals surface area contributed by atoms with E-state index in [4.69, 9.17) is 11.6 Å². The predicted molar refractivity (Wildman–Crippen MR) is 104 cm³/mol. The largest absolute Gasteiger partial charge is 0.355 e. The molecule has 0 aliphatic heterocycles. The van der Waals surface area contributed by atoms with Crippen molar-refractivity contribution < 1.29 is 4.79 Å². The Hall–Kier alpha value is -1.86. The van der Waals surface area contributed by atoms with Crippen LogP contribution in [0.1, 0.15) is 39.0 Å². The van der Waals surface area contributed by atoms with Crippen molar-refractivity contribution in [1.82, 2.24) is 25.5 Å². The van der Waals surface area contributed by atoms with Crippen LogP contribution in [0.2, 0.25) is 5.02 Å². The summed E-state index contributed by atoms with van der Waals surface area (Å²) in [5.74, 6) is -0.00272. The summed E-state index contributed by atoms with van der Waals surface area (Å²) in [7, 11) is 0. The number of carbonyl (C=O) groups excluding carboxylic acids is 1. The summed E-state index contributed by atoms with van der Waals surface area (Å²) in [4.78, 5) is 12.4. The van der Waals surface area contributed by atoms with Crippen molar-refractivity contribution in [3.05, 3.63) is 40.9 Å². The van der Waals surface area contributed by atoms with E-state index in [9.17, 15) is 4.79 Å². The molecule has 1 amide bonds. The van der Waals surface area contributed by atoms with Crippen molar-refractivity contribution in [2.75, 3.05) is 6.54 Å². The third kappa shape index (κ3) is 5.08. The molecule has 0 bridgehead atoms. The number of carbonyl (C=O) groups is 1. The number of nitrogens with one attached hydrogen (secondary N) is 1. The highest BCUT2D eigenvalue weighted by atomic mass is 35.5. The van der Waals surface area contributed by atoms with E-state index in [-0.39, 0.29) is 11.2 Å². The lowest BCUT2D eigenvalue weighted by molar-refractivity contribution is -0.120. The molecule has 1 heterocycles. The molecular formula is C18H22ClN5OS. The van der Waals surface area contributed by atoms with Crippen molar-refractivity contribution >= 4 is 29.3 Å². The Bertz CT molecular complexity index is 774. The van der Waals surface area contributed by atoms with E-state index in [0.29, 0.717) is 16.7 Å². The molecule has 0 radical (unpaired) electrons. The van der Waals surface area contributed by atoms with Gasteiger partial charge in [0.25, 0.3) is 0 Å². The van der Waals surface area contributed by atoms with Gasteiger partial charge in [-0.15, -0.1) is 5.10 Å². The van der Waals surface area contributed by atoms with Gasteiger partial charge in [-0.25, -0.2) is 0 Å². The lowest BCUT2D eigenvalue weighted by Gasteiger charge is -2.14. The number of halogens is 1. The molecule has 1 aliphatic rings. The second-order valence-corrected chi connectivity index (χ2v) is 8.00. The Morgan fingerprint density at radius 3 is 2.88 bits per heavy atom. The van der Waals surface area contributed by atoms with Gasteiger partial charge in [-0.1, -0.05) is 35.0 Å². The topological polar surface area (TPSA) is 72.7 Å². The Kier molecular flexibility index (Phi) is 6.68. The van der Waals surface area contributed by atoms with Crippen molar-refractivity contribution in [1.29, 1.82) is 0 Å². The Labute approximate surface area is 162 Å². The van der Waals surface area contributed by atoms with Gasteiger partial charge in [0.05, 0.1) is 10.9 Å². The number of thioether (sulfide) groups is 1. The first-order valence-electron chi connectivity index (χ1n) is 8.80. The Balaban J connectivity index is 1.53. The maximum atomic E-state index is 12.4. The third-order valence-electron chi connectivity index (χ3n) is 4.29. The molecule has 6 nitrogen and oxygen atoms in total. The minimum atomic E-state index is -0.285. The average molecular weight is 392 g/mol. The van der Waals surface area contributed by atoms with E-state index in [0.717, 1.165) is 18.5 Å². The third-order valence-corrected chi connectivity index (χ3v) is 5.58. The number of hydrogen-bond donors (Lipinski definition) is 1. The van der Waals surface area contributed by atoms with Gasteiger partial charge in [-0.2, -0.15) is 4.68 Å². The van der Waals surface area contributed by atoms with E-state index in [1.807, 2.05) is 19.1 Å². The monoisotopic (exact) mass is 391 g/mol. The van der Waals surface area contributed by atoms with E-state index < -0.39 is 0 Å². The van der Waals surface area contributed by atoms with Crippen molar-refractivity contribution in [3.8, 4) is 5.69 Å². The quantitative estimate of drug-likeness (QED) is 0.574. The first kappa shape index (κ1) is 18.9. The second-order valence-electron chi connectivity index (χ2n) is 6.26. The molecule has 0 saturated heterocycles. The number of hydrogen-bond acceptors (Lipinski definition) is 5. The number of nitrogens with zero attached hydrogens (tertiary/aromatic N) is 4. The molecule has 1 aromatic heterocycles. The van der Waals surface area contributed by atoms with Crippen LogP contribution < -0.4 is 5.32 Å². The SMILES string of the molecule is C[C@@H](Sc1nnnn1-c1ccc(Cl)cc1)C(=O)NCCC1=CCCCC1. The fourth-order valence-electron chi connectivity index (χ4n) is 2.83. The van der Waals surface area contributed by atoms with Crippen LogP contribution in [0, 0.1) is 0 Å². The maximum Gasteiger partial charge on any atom is 0.233 e. The molecule has 1 N–H and O–H groups in total. The lowest BCUT2D eigenvalue weighted by Crippen LogP contribution is -2.32. The summed E-state index contributed by atoms with van der Waals surface area (Å²) < 4.78 is 1.61. The van der Waals surface area contributed by atoms with E-state index in [1.54, 1.807) is 16.8 Å². The lowest BCUT2D eigenvalue weighted by atomic mass is 9.97. The summed E-state index contributed by atoms with van der Waals surface area (Å²) in [5, 5.41) is 15.7. The summed E-state index contributed by atoms with van der Waals surface area (Å²) in [6, 6.07) is 7.24. The fraction of sp³-hybridized carbons (Fsp3) is 0.444. The molecule has 1 aromatic carbocycles. The van der Waals surface area contributed by atoms with Gasteiger partial charge in [0.1, 0.15) is 0 Å². The van der Waals surface area contributed by atoms with Crippen LogP contribution in [0.4, 0.5) is 0 Å². The zero-order valence-electron chi connectivity index (χ0n) is 14.7. The van der Waals surface area contributed by atoms with Crippen molar-refractivity contribution in [2.45, 2.75) is 49.4 Å². The number of benzene rings is 1. The molecule has 2 aromatic rings. The van der Waals surface area contributed by atoms with Gasteiger partial charge in [0.15, 0.2) is 0 Å². The van der Waals surface area contributed by atoms with Crippen LogP contribution in [0.25, 0.3) is 5.69 Å². The summed E-state index contributed by atoms with van der Waals surface area (Å²) >= 11 is 7.26. The highest BCUT2D eigenvalue weighted by Gasteiger charge is 2.19. The van der Waals surface area contributed by atoms with Gasteiger partial charge >= 0.3 is 0 Å². The van der Waals surface area contributed by atoms with Crippen LogP contribution in [-0.2, 0) is 4.79 Å². The average Bonchev–Trinajstić information content (AvgIpc) is 3.11. The zero-order chi connectivity index (χ0) is 18.4. The maximum absolute atomic E-state index is 12.4. The highest BCUT2D eigenvalue weighted by Crippen LogP contribution is 2.24. The minimum absolute atomic E-state index is 0.00272. The van der Waals surface area contributed by atoms with Crippen LogP contribution >= 0.6 is 23.4 Å². The van der Waals surface area contributed by atoms with Crippen LogP contribution in [0.15, 0.2) is 41.1 Å². The Morgan fingerprint density at radius 1 is 1.35 bits per heavy atom. The predicted octanol–water partition coefficient (Wildman–Crippen LogP) is 3.80. The minimum Gasteiger partial charge on any atom is -0.355 e. The normalized spacial score (nSPS) is 15.4. The highest BCUT2D eigenvalue weighted by molar-refractivity contribution is 8.00. The molecule has 0 spiro atoms. The van der Waals surface area contributed by atoms with Crippen LogP contribution in [0.3, 0.4) is 0 Å². The number of aromatic nitrogens is 4. The van der Waals surface area contributed by atoms with Gasteiger partial charge in [0.2, 0.25) is 11.1 Å². The first-order valence-corrected chi connectivity index (χ1v) is 10.1. The van der Waals surface area contributed by atoms with Crippen LogP contribution in [0.5, 0.6) is 0 Å². The molecule has 0 unspecified atom stereocenters. The van der Waals surface area contributed by atoms with Crippen LogP contribution in [-0.4, -0.2) is 37.9 Å². The molecule has 8 heteroatoms.